The molecule has 28 heavy (non-hydrogen) atoms. The van der Waals surface area contributed by atoms with Crippen molar-refractivity contribution >= 4 is 44.0 Å². The summed E-state index contributed by atoms with van der Waals surface area (Å²) in [5.41, 5.74) is 6.18. The fraction of sp³-hybridized carbons (Fsp3) is 0.364. The van der Waals surface area contributed by atoms with Crippen LogP contribution in [0.15, 0.2) is 50.4 Å². The second-order valence-electron chi connectivity index (χ2n) is 8.07. The van der Waals surface area contributed by atoms with Crippen LogP contribution in [0.25, 0.3) is 0 Å². The fourth-order valence-corrected chi connectivity index (χ4v) is 4.73. The maximum absolute atomic E-state index is 12.4. The zero-order chi connectivity index (χ0) is 20.5. The van der Waals surface area contributed by atoms with Gasteiger partial charge in [-0.1, -0.05) is 45.0 Å². The van der Waals surface area contributed by atoms with E-state index in [0.717, 1.165) is 26.7 Å². The van der Waals surface area contributed by atoms with Crippen LogP contribution in [0.5, 0.6) is 5.75 Å². The molecule has 0 aromatic heterocycles. The van der Waals surface area contributed by atoms with E-state index in [1.165, 1.54) is 11.1 Å². The number of hydrazone groups is 1. The number of carbonyl (C=O) groups is 1. The lowest BCUT2D eigenvalue weighted by molar-refractivity contribution is -0.122. The van der Waals surface area contributed by atoms with Gasteiger partial charge in [0.25, 0.3) is 0 Å². The summed E-state index contributed by atoms with van der Waals surface area (Å²) in [7, 11) is 1.61. The van der Waals surface area contributed by atoms with Gasteiger partial charge in [0.05, 0.1) is 22.3 Å². The van der Waals surface area contributed by atoms with Gasteiger partial charge in [0.1, 0.15) is 5.75 Å². The van der Waals surface area contributed by atoms with Crippen molar-refractivity contribution in [2.24, 2.45) is 11.0 Å². The topological polar surface area (TPSA) is 50.7 Å². The first-order chi connectivity index (χ1) is 13.2. The summed E-state index contributed by atoms with van der Waals surface area (Å²) in [6.45, 7) is 6.61. The molecule has 148 valence electrons. The Hall–Kier alpha value is -1.66. The molecule has 1 N–H and O–H groups in total. The molecular formula is C22H24Br2N2O2. The molecule has 4 nitrogen and oxygen atoms in total. The Morgan fingerprint density at radius 2 is 1.79 bits per heavy atom. The quantitative estimate of drug-likeness (QED) is 0.412. The molecule has 6 heteroatoms. The lowest BCUT2D eigenvalue weighted by Gasteiger charge is -2.19. The van der Waals surface area contributed by atoms with Gasteiger partial charge >= 0.3 is 0 Å². The van der Waals surface area contributed by atoms with Gasteiger partial charge in [0, 0.05) is 5.92 Å². The molecule has 0 spiro atoms. The predicted molar refractivity (Wildman–Crippen MR) is 120 cm³/mol. The van der Waals surface area contributed by atoms with E-state index in [0.29, 0.717) is 0 Å². The van der Waals surface area contributed by atoms with E-state index in [1.54, 1.807) is 13.3 Å². The number of rotatable bonds is 5. The third kappa shape index (κ3) is 4.84. The first-order valence-electron chi connectivity index (χ1n) is 9.17. The monoisotopic (exact) mass is 506 g/mol. The molecule has 1 aliphatic carbocycles. The van der Waals surface area contributed by atoms with E-state index in [-0.39, 0.29) is 23.2 Å². The molecule has 2 atom stereocenters. The second-order valence-corrected chi connectivity index (χ2v) is 9.78. The molecule has 0 saturated heterocycles. The summed E-state index contributed by atoms with van der Waals surface area (Å²) < 4.78 is 6.92. The largest absolute Gasteiger partial charge is 0.494 e. The van der Waals surface area contributed by atoms with E-state index in [9.17, 15) is 4.79 Å². The van der Waals surface area contributed by atoms with Gasteiger partial charge < -0.3 is 4.74 Å². The van der Waals surface area contributed by atoms with Gasteiger partial charge in [-0.05, 0) is 78.4 Å². The van der Waals surface area contributed by atoms with Crippen molar-refractivity contribution in [3.8, 4) is 5.75 Å². The van der Waals surface area contributed by atoms with Crippen molar-refractivity contribution < 1.29 is 9.53 Å². The van der Waals surface area contributed by atoms with Gasteiger partial charge in [-0.15, -0.1) is 0 Å². The van der Waals surface area contributed by atoms with Crippen LogP contribution in [0, 0.1) is 5.92 Å². The molecule has 2 aromatic carbocycles. The second kappa shape index (κ2) is 8.37. The number of benzene rings is 2. The number of halogens is 2. The summed E-state index contributed by atoms with van der Waals surface area (Å²) in [6, 6.07) is 12.4. The van der Waals surface area contributed by atoms with E-state index < -0.39 is 0 Å². The predicted octanol–water partition coefficient (Wildman–Crippen LogP) is 5.77. The summed E-state index contributed by atoms with van der Waals surface area (Å²) in [4.78, 5) is 12.4. The summed E-state index contributed by atoms with van der Waals surface area (Å²) in [5.74, 6) is 0.966. The molecule has 0 bridgehead atoms. The normalized spacial score (nSPS) is 18.9. The van der Waals surface area contributed by atoms with E-state index in [1.807, 2.05) is 12.1 Å². The van der Waals surface area contributed by atoms with Crippen LogP contribution in [-0.4, -0.2) is 19.2 Å². The summed E-state index contributed by atoms with van der Waals surface area (Å²) >= 11 is 6.92. The highest BCUT2D eigenvalue weighted by atomic mass is 79.9. The summed E-state index contributed by atoms with van der Waals surface area (Å²) in [6.07, 6.45) is 2.50. The van der Waals surface area contributed by atoms with E-state index >= 15 is 0 Å². The average Bonchev–Trinajstić information content (AvgIpc) is 3.42. The Morgan fingerprint density at radius 1 is 1.18 bits per heavy atom. The molecule has 1 amide bonds. The zero-order valence-electron chi connectivity index (χ0n) is 16.4. The molecule has 0 heterocycles. The number of hydrogen-bond acceptors (Lipinski definition) is 3. The highest BCUT2D eigenvalue weighted by Crippen LogP contribution is 2.47. The minimum absolute atomic E-state index is 0.00743. The number of hydrogen-bond donors (Lipinski definition) is 1. The van der Waals surface area contributed by atoms with E-state index in [4.69, 9.17) is 4.74 Å². The van der Waals surface area contributed by atoms with Crippen molar-refractivity contribution in [2.45, 2.75) is 38.5 Å². The Kier molecular flexibility index (Phi) is 6.30. The Bertz CT molecular complexity index is 879. The van der Waals surface area contributed by atoms with Crippen LogP contribution in [0.2, 0.25) is 0 Å². The van der Waals surface area contributed by atoms with Crippen molar-refractivity contribution in [1.82, 2.24) is 5.43 Å². The van der Waals surface area contributed by atoms with Gasteiger partial charge in [-0.2, -0.15) is 5.10 Å². The highest BCUT2D eigenvalue weighted by molar-refractivity contribution is 9.11. The molecular weight excluding hydrogens is 484 g/mol. The SMILES string of the molecule is COc1c(Br)cc(/C=N\NC(=O)C2CC2c2ccc(C(C)(C)C)cc2)cc1Br. The molecule has 1 aliphatic rings. The lowest BCUT2D eigenvalue weighted by Crippen LogP contribution is -2.20. The number of carbonyl (C=O) groups excluding carboxylic acids is 1. The minimum atomic E-state index is -0.0345. The fourth-order valence-electron chi connectivity index (χ4n) is 3.19. The number of ether oxygens (including phenoxy) is 1. The van der Waals surface area contributed by atoms with Gasteiger partial charge in [0.2, 0.25) is 5.91 Å². The third-order valence-corrected chi connectivity index (χ3v) is 6.12. The Morgan fingerprint density at radius 3 is 2.32 bits per heavy atom. The molecule has 2 aromatic rings. The van der Waals surface area contributed by atoms with Gasteiger partial charge in [-0.25, -0.2) is 5.43 Å². The van der Waals surface area contributed by atoms with Crippen LogP contribution in [0.1, 0.15) is 49.8 Å². The van der Waals surface area contributed by atoms with Crippen LogP contribution in [0.4, 0.5) is 0 Å². The maximum Gasteiger partial charge on any atom is 0.243 e. The zero-order valence-corrected chi connectivity index (χ0v) is 19.6. The molecule has 1 saturated carbocycles. The standard InChI is InChI=1S/C22H24Br2N2O2/c1-22(2,3)15-7-5-14(6-8-15)16-11-17(16)21(27)26-25-12-13-9-18(23)20(28-4)19(24)10-13/h5-10,12,16-17H,11H2,1-4H3,(H,26,27)/b25-12-. The maximum atomic E-state index is 12.4. The number of nitrogens with one attached hydrogen (secondary N) is 1. The first kappa shape index (κ1) is 21.1. The number of nitrogens with zero attached hydrogens (tertiary/aromatic N) is 1. The van der Waals surface area contributed by atoms with Crippen molar-refractivity contribution in [1.29, 1.82) is 0 Å². The first-order valence-corrected chi connectivity index (χ1v) is 10.8. The minimum Gasteiger partial charge on any atom is -0.494 e. The number of amides is 1. The molecule has 2 unspecified atom stereocenters. The Balaban J connectivity index is 1.57. The Labute approximate surface area is 183 Å². The van der Waals surface area contributed by atoms with Gasteiger partial charge in [-0.3, -0.25) is 4.79 Å². The smallest absolute Gasteiger partial charge is 0.243 e. The van der Waals surface area contributed by atoms with Crippen molar-refractivity contribution in [3.63, 3.8) is 0 Å². The van der Waals surface area contributed by atoms with Crippen LogP contribution >= 0.6 is 31.9 Å². The van der Waals surface area contributed by atoms with E-state index in [2.05, 4.69) is 87.4 Å². The molecule has 0 aliphatic heterocycles. The average molecular weight is 508 g/mol. The summed E-state index contributed by atoms with van der Waals surface area (Å²) in [5, 5.41) is 4.11. The van der Waals surface area contributed by atoms with Crippen LogP contribution in [-0.2, 0) is 10.2 Å². The van der Waals surface area contributed by atoms with Crippen molar-refractivity contribution in [3.05, 3.63) is 62.0 Å². The van der Waals surface area contributed by atoms with Gasteiger partial charge in [0.15, 0.2) is 0 Å². The lowest BCUT2D eigenvalue weighted by atomic mass is 9.86. The van der Waals surface area contributed by atoms with Crippen LogP contribution < -0.4 is 10.2 Å². The molecule has 3 rings (SSSR count). The highest BCUT2D eigenvalue weighted by Gasteiger charge is 2.44. The molecule has 1 fully saturated rings. The van der Waals surface area contributed by atoms with Crippen LogP contribution in [0.3, 0.4) is 0 Å². The molecule has 0 radical (unpaired) electrons. The third-order valence-electron chi connectivity index (χ3n) is 4.95. The number of methoxy groups -OCH3 is 1. The van der Waals surface area contributed by atoms with Crippen molar-refractivity contribution in [2.75, 3.05) is 7.11 Å².